The van der Waals surface area contributed by atoms with E-state index in [1.54, 1.807) is 12.1 Å². The summed E-state index contributed by atoms with van der Waals surface area (Å²) in [5.41, 5.74) is 1.48. The number of carbonyl (C=O) groups is 1. The molecule has 76 valence electrons. The van der Waals surface area contributed by atoms with Crippen molar-refractivity contribution in [3.63, 3.8) is 0 Å². The van der Waals surface area contributed by atoms with Gasteiger partial charge in [-0.2, -0.15) is 0 Å². The van der Waals surface area contributed by atoms with Crippen molar-refractivity contribution >= 4 is 11.6 Å². The second-order valence-corrected chi connectivity index (χ2v) is 3.19. The molecule has 0 radical (unpaired) electrons. The fourth-order valence-electron chi connectivity index (χ4n) is 1.31. The molecule has 0 fully saturated rings. The second-order valence-electron chi connectivity index (χ2n) is 3.19. The maximum atomic E-state index is 11.7. The minimum Gasteiger partial charge on any atom is -0.322 e. The van der Waals surface area contributed by atoms with Gasteiger partial charge in [-0.15, -0.1) is 0 Å². The van der Waals surface area contributed by atoms with Crippen molar-refractivity contribution in [2.75, 3.05) is 5.32 Å². The number of benzene rings is 2. The number of rotatable bonds is 2. The molecule has 0 aliphatic rings. The smallest absolute Gasteiger partial charge is 0.255 e. The van der Waals surface area contributed by atoms with E-state index in [0.717, 1.165) is 5.69 Å². The van der Waals surface area contributed by atoms with Gasteiger partial charge in [0.05, 0.1) is 0 Å². The number of carbonyl (C=O) groups excluding carboxylic acids is 1. The van der Waals surface area contributed by atoms with Crippen LogP contribution >= 0.6 is 0 Å². The molecule has 2 rings (SSSR count). The van der Waals surface area contributed by atoms with Crippen LogP contribution in [-0.2, 0) is 0 Å². The summed E-state index contributed by atoms with van der Waals surface area (Å²) in [6, 6.07) is 18.6. The Hall–Kier alpha value is -2.09. The van der Waals surface area contributed by atoms with Gasteiger partial charge in [0.15, 0.2) is 0 Å². The Balaban J connectivity index is 0.00000128. The van der Waals surface area contributed by atoms with Gasteiger partial charge in [-0.05, 0) is 24.3 Å². The molecule has 0 bridgehead atoms. The molecule has 0 aromatic heterocycles. The Morgan fingerprint density at radius 1 is 0.867 bits per heavy atom. The summed E-state index contributed by atoms with van der Waals surface area (Å²) in [7, 11) is 0. The molecule has 0 aliphatic heterocycles. The van der Waals surface area contributed by atoms with E-state index < -0.39 is 0 Å². The van der Waals surface area contributed by atoms with Gasteiger partial charge in [-0.3, -0.25) is 4.79 Å². The molecule has 0 heterocycles. The normalized spacial score (nSPS) is 9.60. The standard InChI is InChI=1S/C13H11NO.H2/c15-13(11-7-3-1-4-8-11)14-12-9-5-2-6-10-12;/h1-10H,(H,14,15);1H. The summed E-state index contributed by atoms with van der Waals surface area (Å²) in [6.45, 7) is 0. The van der Waals surface area contributed by atoms with Gasteiger partial charge in [-0.1, -0.05) is 36.4 Å². The molecule has 0 spiro atoms. The summed E-state index contributed by atoms with van der Waals surface area (Å²) in [5, 5.41) is 2.82. The van der Waals surface area contributed by atoms with Gasteiger partial charge in [0, 0.05) is 12.7 Å². The predicted octanol–water partition coefficient (Wildman–Crippen LogP) is 3.18. The van der Waals surface area contributed by atoms with Crippen LogP contribution in [0.15, 0.2) is 60.7 Å². The fraction of sp³-hybridized carbons (Fsp3) is 0. The van der Waals surface area contributed by atoms with E-state index in [9.17, 15) is 4.79 Å². The van der Waals surface area contributed by atoms with E-state index in [-0.39, 0.29) is 7.33 Å². The maximum Gasteiger partial charge on any atom is 0.255 e. The van der Waals surface area contributed by atoms with Crippen LogP contribution < -0.4 is 5.32 Å². The van der Waals surface area contributed by atoms with Crippen molar-refractivity contribution < 1.29 is 6.22 Å². The predicted molar refractivity (Wildman–Crippen MR) is 63.0 cm³/mol. The number of hydrogen-bond acceptors (Lipinski definition) is 1. The summed E-state index contributed by atoms with van der Waals surface area (Å²) >= 11 is 0. The van der Waals surface area contributed by atoms with E-state index >= 15 is 0 Å². The third-order valence-corrected chi connectivity index (χ3v) is 2.07. The average Bonchev–Trinajstić information content (AvgIpc) is 2.31. The zero-order valence-corrected chi connectivity index (χ0v) is 8.18. The third-order valence-electron chi connectivity index (χ3n) is 2.07. The molecule has 1 amide bonds. The van der Waals surface area contributed by atoms with E-state index in [1.807, 2.05) is 48.5 Å². The first-order chi connectivity index (χ1) is 7.36. The minimum atomic E-state index is -0.0817. The van der Waals surface area contributed by atoms with Crippen molar-refractivity contribution in [2.24, 2.45) is 0 Å². The van der Waals surface area contributed by atoms with Gasteiger partial charge >= 0.3 is 0 Å². The first-order valence-corrected chi connectivity index (χ1v) is 4.78. The van der Waals surface area contributed by atoms with Crippen molar-refractivity contribution in [2.45, 2.75) is 0 Å². The molecule has 0 saturated carbocycles. The van der Waals surface area contributed by atoms with Crippen molar-refractivity contribution in [1.29, 1.82) is 0 Å². The lowest BCUT2D eigenvalue weighted by Crippen LogP contribution is -2.11. The molecule has 2 nitrogen and oxygen atoms in total. The summed E-state index contributed by atoms with van der Waals surface area (Å²) < 4.78 is 0. The molecular formula is C13H13NO. The highest BCUT2D eigenvalue weighted by Gasteiger charge is 2.03. The summed E-state index contributed by atoms with van der Waals surface area (Å²) in [4.78, 5) is 11.7. The van der Waals surface area contributed by atoms with Crippen molar-refractivity contribution in [3.8, 4) is 0 Å². The first-order valence-electron chi connectivity index (χ1n) is 4.78. The van der Waals surface area contributed by atoms with Crippen LogP contribution in [0.1, 0.15) is 11.8 Å². The monoisotopic (exact) mass is 199 g/mol. The Morgan fingerprint density at radius 2 is 1.40 bits per heavy atom. The molecule has 15 heavy (non-hydrogen) atoms. The number of hydrogen-bond donors (Lipinski definition) is 1. The van der Waals surface area contributed by atoms with Crippen LogP contribution in [0.25, 0.3) is 0 Å². The maximum absolute atomic E-state index is 11.7. The lowest BCUT2D eigenvalue weighted by Gasteiger charge is -2.03. The highest BCUT2D eigenvalue weighted by atomic mass is 16.1. The van der Waals surface area contributed by atoms with Gasteiger partial charge < -0.3 is 5.32 Å². The van der Waals surface area contributed by atoms with Gasteiger partial charge in [0.25, 0.3) is 5.91 Å². The molecule has 0 atom stereocenters. The zero-order chi connectivity index (χ0) is 10.5. The van der Waals surface area contributed by atoms with Crippen molar-refractivity contribution in [1.82, 2.24) is 0 Å². The number of para-hydroxylation sites is 1. The van der Waals surface area contributed by atoms with Crippen LogP contribution in [-0.4, -0.2) is 5.91 Å². The first kappa shape index (κ1) is 9.46. The summed E-state index contributed by atoms with van der Waals surface area (Å²) in [5.74, 6) is -0.0817. The Kier molecular flexibility index (Phi) is 2.79. The van der Waals surface area contributed by atoms with Crippen LogP contribution in [0.4, 0.5) is 5.69 Å². The van der Waals surface area contributed by atoms with Crippen molar-refractivity contribution in [3.05, 3.63) is 66.2 Å². The Morgan fingerprint density at radius 3 is 2.00 bits per heavy atom. The van der Waals surface area contributed by atoms with E-state index in [4.69, 9.17) is 0 Å². The lowest BCUT2D eigenvalue weighted by molar-refractivity contribution is 0.102. The number of nitrogens with one attached hydrogen (secondary N) is 1. The number of anilines is 1. The van der Waals surface area contributed by atoms with Crippen LogP contribution in [0, 0.1) is 0 Å². The molecule has 0 saturated heterocycles. The molecule has 0 unspecified atom stereocenters. The van der Waals surface area contributed by atoms with Gasteiger partial charge in [-0.25, -0.2) is 0 Å². The number of amides is 1. The zero-order valence-electron chi connectivity index (χ0n) is 8.18. The highest BCUT2D eigenvalue weighted by Crippen LogP contribution is 2.07. The highest BCUT2D eigenvalue weighted by molar-refractivity contribution is 6.04. The summed E-state index contributed by atoms with van der Waals surface area (Å²) in [6.07, 6.45) is 0. The van der Waals surface area contributed by atoms with Crippen LogP contribution in [0.2, 0.25) is 0 Å². The molecule has 2 aromatic carbocycles. The largest absolute Gasteiger partial charge is 0.322 e. The topological polar surface area (TPSA) is 29.1 Å². The van der Waals surface area contributed by atoms with Gasteiger partial charge in [0.1, 0.15) is 0 Å². The molecular weight excluding hydrogens is 186 g/mol. The molecule has 2 aromatic rings. The molecule has 2 heteroatoms. The quantitative estimate of drug-likeness (QED) is 0.790. The minimum absolute atomic E-state index is 0. The SMILES string of the molecule is O=C(Nc1ccccc1)c1ccccc1.[HH]. The molecule has 0 aliphatic carbocycles. The third kappa shape index (κ3) is 2.44. The van der Waals surface area contributed by atoms with Crippen LogP contribution in [0.5, 0.6) is 0 Å². The Bertz CT molecular complexity index is 442. The second kappa shape index (κ2) is 4.42. The van der Waals surface area contributed by atoms with E-state index in [0.29, 0.717) is 5.56 Å². The molecule has 1 N–H and O–H groups in total. The van der Waals surface area contributed by atoms with E-state index in [2.05, 4.69) is 5.32 Å². The average molecular weight is 199 g/mol. The fourth-order valence-corrected chi connectivity index (χ4v) is 1.31. The van der Waals surface area contributed by atoms with E-state index in [1.165, 1.54) is 0 Å². The van der Waals surface area contributed by atoms with Gasteiger partial charge in [0.2, 0.25) is 0 Å². The van der Waals surface area contributed by atoms with Crippen LogP contribution in [0.3, 0.4) is 0 Å². The Labute approximate surface area is 90.0 Å². The lowest BCUT2D eigenvalue weighted by atomic mass is 10.2.